The molecule has 0 radical (unpaired) electrons. The Morgan fingerprint density at radius 2 is 2.24 bits per heavy atom. The standard InChI is InChI=1S/C14H18ClNS/c1-5-11(3)16-9-12(4)17-13-8-6-7-10(2)14(13)15/h5,7,9H,1,6,8H2,2-4H3/b12-9+,16-11?. The van der Waals surface area contributed by atoms with E-state index in [2.05, 4.69) is 31.5 Å². The van der Waals surface area contributed by atoms with Gasteiger partial charge in [0.05, 0.1) is 5.03 Å². The Labute approximate surface area is 113 Å². The van der Waals surface area contributed by atoms with Crippen molar-refractivity contribution in [1.82, 2.24) is 0 Å². The summed E-state index contributed by atoms with van der Waals surface area (Å²) in [6.45, 7) is 9.71. The first-order chi connectivity index (χ1) is 8.04. The third-order valence-electron chi connectivity index (χ3n) is 2.44. The molecule has 0 atom stereocenters. The van der Waals surface area contributed by atoms with E-state index < -0.39 is 0 Å². The van der Waals surface area contributed by atoms with E-state index >= 15 is 0 Å². The van der Waals surface area contributed by atoms with E-state index in [0.717, 1.165) is 28.5 Å². The van der Waals surface area contributed by atoms with Gasteiger partial charge >= 0.3 is 0 Å². The number of hydrogen-bond donors (Lipinski definition) is 0. The van der Waals surface area contributed by atoms with Crippen molar-refractivity contribution in [3.63, 3.8) is 0 Å². The maximum absolute atomic E-state index is 6.28. The Balaban J connectivity index is 2.75. The molecule has 0 aromatic rings. The lowest BCUT2D eigenvalue weighted by Crippen LogP contribution is -1.92. The van der Waals surface area contributed by atoms with Gasteiger partial charge in [-0.25, -0.2) is 0 Å². The quantitative estimate of drug-likeness (QED) is 0.620. The first-order valence-corrected chi connectivity index (χ1v) is 6.81. The molecule has 3 heteroatoms. The predicted molar refractivity (Wildman–Crippen MR) is 80.5 cm³/mol. The van der Waals surface area contributed by atoms with Gasteiger partial charge in [-0.05, 0) is 45.3 Å². The number of aliphatic imine (C=N–C) groups is 1. The fourth-order valence-corrected chi connectivity index (χ4v) is 2.65. The predicted octanol–water partition coefficient (Wildman–Crippen LogP) is 5.42. The van der Waals surface area contributed by atoms with Crippen molar-refractivity contribution in [3.8, 4) is 0 Å². The molecule has 0 aromatic carbocycles. The van der Waals surface area contributed by atoms with Crippen LogP contribution in [0.2, 0.25) is 0 Å². The van der Waals surface area contributed by atoms with Gasteiger partial charge in [-0.3, -0.25) is 4.99 Å². The monoisotopic (exact) mass is 267 g/mol. The molecule has 0 aromatic heterocycles. The second-order valence-electron chi connectivity index (χ2n) is 3.98. The lowest BCUT2D eigenvalue weighted by molar-refractivity contribution is 0.995. The second kappa shape index (κ2) is 6.87. The van der Waals surface area contributed by atoms with Crippen LogP contribution in [0, 0.1) is 0 Å². The molecule has 0 spiro atoms. The normalized spacial score (nSPS) is 18.2. The van der Waals surface area contributed by atoms with E-state index in [1.807, 2.05) is 13.1 Å². The minimum absolute atomic E-state index is 0.901. The van der Waals surface area contributed by atoms with Gasteiger partial charge in [-0.15, -0.1) is 0 Å². The zero-order valence-corrected chi connectivity index (χ0v) is 12.2. The van der Waals surface area contributed by atoms with Gasteiger partial charge in [0.25, 0.3) is 0 Å². The fraction of sp³-hybridized carbons (Fsp3) is 0.357. The Kier molecular flexibility index (Phi) is 5.79. The van der Waals surface area contributed by atoms with Crippen LogP contribution < -0.4 is 0 Å². The molecule has 17 heavy (non-hydrogen) atoms. The first-order valence-electron chi connectivity index (χ1n) is 5.62. The summed E-state index contributed by atoms with van der Waals surface area (Å²) in [6, 6.07) is 0. The Morgan fingerprint density at radius 3 is 2.88 bits per heavy atom. The highest BCUT2D eigenvalue weighted by Gasteiger charge is 2.12. The van der Waals surface area contributed by atoms with Gasteiger partial charge in [0.15, 0.2) is 0 Å². The maximum atomic E-state index is 6.28. The Morgan fingerprint density at radius 1 is 1.53 bits per heavy atom. The van der Waals surface area contributed by atoms with E-state index in [-0.39, 0.29) is 0 Å². The van der Waals surface area contributed by atoms with Crippen LogP contribution in [0.25, 0.3) is 0 Å². The Bertz CT molecular complexity index is 428. The van der Waals surface area contributed by atoms with E-state index in [1.165, 1.54) is 10.5 Å². The van der Waals surface area contributed by atoms with Crippen LogP contribution in [-0.4, -0.2) is 5.71 Å². The zero-order valence-electron chi connectivity index (χ0n) is 10.6. The molecule has 0 saturated carbocycles. The molecule has 0 unspecified atom stereocenters. The highest BCUT2D eigenvalue weighted by atomic mass is 35.5. The summed E-state index contributed by atoms with van der Waals surface area (Å²) >= 11 is 7.99. The van der Waals surface area contributed by atoms with Crippen LogP contribution in [-0.2, 0) is 0 Å². The molecule has 0 heterocycles. The van der Waals surface area contributed by atoms with Crippen molar-refractivity contribution in [1.29, 1.82) is 0 Å². The van der Waals surface area contributed by atoms with Crippen molar-refractivity contribution < 1.29 is 0 Å². The smallest absolute Gasteiger partial charge is 0.0530 e. The maximum Gasteiger partial charge on any atom is 0.0530 e. The molecule has 1 nitrogen and oxygen atoms in total. The molecule has 1 rings (SSSR count). The van der Waals surface area contributed by atoms with Crippen LogP contribution in [0.4, 0.5) is 0 Å². The summed E-state index contributed by atoms with van der Waals surface area (Å²) in [5.41, 5.74) is 2.10. The van der Waals surface area contributed by atoms with E-state index in [0.29, 0.717) is 0 Å². The lowest BCUT2D eigenvalue weighted by atomic mass is 10.1. The molecule has 1 aliphatic rings. The molecule has 0 N–H and O–H groups in total. The van der Waals surface area contributed by atoms with Crippen LogP contribution in [0.15, 0.2) is 50.3 Å². The van der Waals surface area contributed by atoms with Gasteiger partial charge in [-0.1, -0.05) is 36.0 Å². The van der Waals surface area contributed by atoms with Crippen LogP contribution in [0.5, 0.6) is 0 Å². The van der Waals surface area contributed by atoms with Crippen LogP contribution >= 0.6 is 23.4 Å². The van der Waals surface area contributed by atoms with Gasteiger partial charge < -0.3 is 0 Å². The third-order valence-corrected chi connectivity index (χ3v) is 4.16. The summed E-state index contributed by atoms with van der Waals surface area (Å²) in [5, 5.41) is 0.901. The summed E-state index contributed by atoms with van der Waals surface area (Å²) in [6.07, 6.45) is 7.90. The second-order valence-corrected chi connectivity index (χ2v) is 5.70. The van der Waals surface area contributed by atoms with Gasteiger partial charge in [0, 0.05) is 21.7 Å². The number of halogens is 1. The highest BCUT2D eigenvalue weighted by molar-refractivity contribution is 8.06. The zero-order chi connectivity index (χ0) is 12.8. The average Bonchev–Trinajstić information content (AvgIpc) is 2.32. The molecule has 0 aliphatic heterocycles. The van der Waals surface area contributed by atoms with Crippen molar-refractivity contribution in [3.05, 3.63) is 45.3 Å². The van der Waals surface area contributed by atoms with Crippen molar-refractivity contribution in [2.75, 3.05) is 0 Å². The molecule has 0 bridgehead atoms. The van der Waals surface area contributed by atoms with Gasteiger partial charge in [0.2, 0.25) is 0 Å². The van der Waals surface area contributed by atoms with Crippen LogP contribution in [0.1, 0.15) is 33.6 Å². The number of rotatable bonds is 4. The summed E-state index contributed by atoms with van der Waals surface area (Å²) in [5.74, 6) is 0. The number of thioether (sulfide) groups is 1. The number of nitrogens with zero attached hydrogens (tertiary/aromatic N) is 1. The molecular weight excluding hydrogens is 250 g/mol. The van der Waals surface area contributed by atoms with Gasteiger partial charge in [-0.2, -0.15) is 0 Å². The van der Waals surface area contributed by atoms with E-state index in [9.17, 15) is 0 Å². The largest absolute Gasteiger partial charge is 0.261 e. The summed E-state index contributed by atoms with van der Waals surface area (Å²) < 4.78 is 0. The molecule has 0 fully saturated rings. The Hall–Kier alpha value is -0.730. The lowest BCUT2D eigenvalue weighted by Gasteiger charge is -2.14. The fourth-order valence-electron chi connectivity index (χ4n) is 1.40. The molecule has 92 valence electrons. The topological polar surface area (TPSA) is 12.4 Å². The first kappa shape index (κ1) is 14.3. The summed E-state index contributed by atoms with van der Waals surface area (Å²) in [4.78, 5) is 6.68. The minimum atomic E-state index is 0.901. The SMILES string of the molecule is C=CC(C)=N/C=C(\C)SC1=C(Cl)C(C)=CCC1. The average molecular weight is 268 g/mol. The number of hydrogen-bond acceptors (Lipinski definition) is 2. The molecular formula is C14H18ClNS. The summed E-state index contributed by atoms with van der Waals surface area (Å²) in [7, 11) is 0. The van der Waals surface area contributed by atoms with Crippen molar-refractivity contribution >= 4 is 29.1 Å². The molecule has 0 amide bonds. The number of allylic oxidation sites excluding steroid dienone is 6. The minimum Gasteiger partial charge on any atom is -0.261 e. The van der Waals surface area contributed by atoms with E-state index in [1.54, 1.807) is 17.8 Å². The van der Waals surface area contributed by atoms with Crippen molar-refractivity contribution in [2.24, 2.45) is 4.99 Å². The molecule has 0 saturated heterocycles. The van der Waals surface area contributed by atoms with E-state index in [4.69, 9.17) is 11.6 Å². The third kappa shape index (κ3) is 4.57. The van der Waals surface area contributed by atoms with Gasteiger partial charge in [0.1, 0.15) is 0 Å². The highest BCUT2D eigenvalue weighted by Crippen LogP contribution is 2.38. The molecule has 1 aliphatic carbocycles. The van der Waals surface area contributed by atoms with Crippen LogP contribution in [0.3, 0.4) is 0 Å². The van der Waals surface area contributed by atoms with Crippen molar-refractivity contribution in [2.45, 2.75) is 33.6 Å².